The van der Waals surface area contributed by atoms with E-state index >= 15 is 0 Å². The van der Waals surface area contributed by atoms with Crippen LogP contribution < -0.4 is 0 Å². The predicted molar refractivity (Wildman–Crippen MR) is 61.2 cm³/mol. The maximum Gasteiger partial charge on any atom is 0.338 e. The van der Waals surface area contributed by atoms with Crippen LogP contribution in [0.25, 0.3) is 0 Å². The highest BCUT2D eigenvalue weighted by atomic mass is 16.5. The minimum atomic E-state index is -0.398. The summed E-state index contributed by atoms with van der Waals surface area (Å²) in [6.07, 6.45) is -0.398. The Morgan fingerprint density at radius 3 is 2.19 bits per heavy atom. The van der Waals surface area contributed by atoms with Gasteiger partial charge in [0.2, 0.25) is 0 Å². The van der Waals surface area contributed by atoms with Crippen LogP contribution in [0.3, 0.4) is 0 Å². The fourth-order valence-corrected chi connectivity index (χ4v) is 1.24. The molecule has 0 spiro atoms. The first-order valence-corrected chi connectivity index (χ1v) is 5.29. The lowest BCUT2D eigenvalue weighted by atomic mass is 10.0. The molecule has 1 aromatic carbocycles. The van der Waals surface area contributed by atoms with E-state index in [1.807, 2.05) is 6.07 Å². The molecule has 3 nitrogen and oxygen atoms in total. The Hall–Kier alpha value is -1.64. The number of ether oxygens (including phenoxy) is 1. The lowest BCUT2D eigenvalue weighted by Gasteiger charge is -2.17. The predicted octanol–water partition coefficient (Wildman–Crippen LogP) is 2.46. The van der Waals surface area contributed by atoms with Crippen molar-refractivity contribution in [2.24, 2.45) is 5.92 Å². The molecule has 0 heterocycles. The smallest absolute Gasteiger partial charge is 0.338 e. The number of carbonyl (C=O) groups excluding carboxylic acids is 2. The summed E-state index contributed by atoms with van der Waals surface area (Å²) in [5.41, 5.74) is 0.505. The third-order valence-electron chi connectivity index (χ3n) is 2.65. The van der Waals surface area contributed by atoms with Gasteiger partial charge in [-0.05, 0) is 26.0 Å². The first kappa shape index (κ1) is 12.4. The van der Waals surface area contributed by atoms with Gasteiger partial charge in [-0.25, -0.2) is 4.79 Å². The van der Waals surface area contributed by atoms with Crippen molar-refractivity contribution in [2.75, 3.05) is 0 Å². The number of benzene rings is 1. The summed E-state index contributed by atoms with van der Waals surface area (Å²) in [5.74, 6) is -0.637. The van der Waals surface area contributed by atoms with Crippen molar-refractivity contribution in [1.82, 2.24) is 0 Å². The summed E-state index contributed by atoms with van der Waals surface area (Å²) in [6.45, 7) is 4.98. The van der Waals surface area contributed by atoms with Crippen LogP contribution in [0.2, 0.25) is 0 Å². The molecule has 0 amide bonds. The molecule has 0 bridgehead atoms. The van der Waals surface area contributed by atoms with E-state index in [0.717, 1.165) is 0 Å². The van der Waals surface area contributed by atoms with Crippen molar-refractivity contribution in [3.05, 3.63) is 35.9 Å². The standard InChI is InChI=1S/C13H16O3/c1-9(10(2)14)11(3)16-13(15)12-7-5-4-6-8-12/h4-9,11H,1-3H3. The quantitative estimate of drug-likeness (QED) is 0.732. The number of Topliss-reactive ketones (excluding diaryl/α,β-unsaturated/α-hetero) is 1. The Bertz CT molecular complexity index is 370. The molecule has 0 aromatic heterocycles. The van der Waals surface area contributed by atoms with Gasteiger partial charge in [-0.15, -0.1) is 0 Å². The highest BCUT2D eigenvalue weighted by Gasteiger charge is 2.20. The Balaban J connectivity index is 2.62. The molecule has 0 radical (unpaired) electrons. The average Bonchev–Trinajstić information content (AvgIpc) is 2.28. The molecule has 3 heteroatoms. The molecule has 0 fully saturated rings. The molecule has 0 saturated heterocycles. The van der Waals surface area contributed by atoms with Crippen LogP contribution in [0.4, 0.5) is 0 Å². The van der Waals surface area contributed by atoms with Gasteiger partial charge in [0, 0.05) is 0 Å². The summed E-state index contributed by atoms with van der Waals surface area (Å²) in [6, 6.07) is 8.75. The van der Waals surface area contributed by atoms with E-state index in [1.165, 1.54) is 6.92 Å². The highest BCUT2D eigenvalue weighted by molar-refractivity contribution is 5.89. The van der Waals surface area contributed by atoms with E-state index in [0.29, 0.717) is 5.56 Å². The maximum absolute atomic E-state index is 11.6. The van der Waals surface area contributed by atoms with Crippen molar-refractivity contribution >= 4 is 11.8 Å². The second kappa shape index (κ2) is 5.45. The third-order valence-corrected chi connectivity index (χ3v) is 2.65. The van der Waals surface area contributed by atoms with Gasteiger partial charge in [0.1, 0.15) is 11.9 Å². The first-order chi connectivity index (χ1) is 7.52. The van der Waals surface area contributed by atoms with E-state index in [4.69, 9.17) is 4.74 Å². The molecule has 1 aromatic rings. The zero-order valence-corrected chi connectivity index (χ0v) is 9.77. The van der Waals surface area contributed by atoms with Crippen molar-refractivity contribution in [2.45, 2.75) is 26.9 Å². The summed E-state index contributed by atoms with van der Waals surface area (Å²) in [4.78, 5) is 22.8. The van der Waals surface area contributed by atoms with E-state index in [1.54, 1.807) is 38.1 Å². The number of rotatable bonds is 4. The fraction of sp³-hybridized carbons (Fsp3) is 0.385. The molecule has 2 unspecified atom stereocenters. The Morgan fingerprint density at radius 2 is 1.69 bits per heavy atom. The van der Waals surface area contributed by atoms with E-state index in [2.05, 4.69) is 0 Å². The van der Waals surface area contributed by atoms with Gasteiger partial charge in [0.05, 0.1) is 11.5 Å². The lowest BCUT2D eigenvalue weighted by Crippen LogP contribution is -2.26. The summed E-state index contributed by atoms with van der Waals surface area (Å²) in [5, 5.41) is 0. The molecular formula is C13H16O3. The number of carbonyl (C=O) groups is 2. The highest BCUT2D eigenvalue weighted by Crippen LogP contribution is 2.11. The van der Waals surface area contributed by atoms with Gasteiger partial charge in [0.25, 0.3) is 0 Å². The Kier molecular flexibility index (Phi) is 4.23. The Labute approximate surface area is 95.4 Å². The molecule has 86 valence electrons. The monoisotopic (exact) mass is 220 g/mol. The summed E-state index contributed by atoms with van der Waals surface area (Å²) >= 11 is 0. The number of hydrogen-bond acceptors (Lipinski definition) is 3. The molecule has 0 aliphatic carbocycles. The SMILES string of the molecule is CC(=O)C(C)C(C)OC(=O)c1ccccc1. The zero-order chi connectivity index (χ0) is 12.1. The minimum absolute atomic E-state index is 0.0216. The van der Waals surface area contributed by atoms with Gasteiger partial charge in [0.15, 0.2) is 0 Å². The topological polar surface area (TPSA) is 43.4 Å². The van der Waals surface area contributed by atoms with Crippen LogP contribution in [0.1, 0.15) is 31.1 Å². The normalized spacial score (nSPS) is 13.9. The molecule has 0 saturated carbocycles. The molecule has 16 heavy (non-hydrogen) atoms. The van der Waals surface area contributed by atoms with Crippen molar-refractivity contribution in [3.8, 4) is 0 Å². The second-order valence-corrected chi connectivity index (χ2v) is 3.88. The largest absolute Gasteiger partial charge is 0.458 e. The first-order valence-electron chi connectivity index (χ1n) is 5.29. The number of ketones is 1. The molecule has 1 rings (SSSR count). The lowest BCUT2D eigenvalue weighted by molar-refractivity contribution is -0.123. The van der Waals surface area contributed by atoms with Crippen LogP contribution in [0.15, 0.2) is 30.3 Å². The number of hydrogen-bond donors (Lipinski definition) is 0. The molecule has 0 aliphatic rings. The van der Waals surface area contributed by atoms with Gasteiger partial charge in [-0.2, -0.15) is 0 Å². The number of esters is 1. The average molecular weight is 220 g/mol. The maximum atomic E-state index is 11.6. The van der Waals surface area contributed by atoms with Gasteiger partial charge in [-0.3, -0.25) is 4.79 Å². The van der Waals surface area contributed by atoms with Crippen LogP contribution in [0, 0.1) is 5.92 Å². The minimum Gasteiger partial charge on any atom is -0.458 e. The molecular weight excluding hydrogens is 204 g/mol. The second-order valence-electron chi connectivity index (χ2n) is 3.88. The summed E-state index contributed by atoms with van der Waals surface area (Å²) < 4.78 is 5.20. The van der Waals surface area contributed by atoms with Crippen LogP contribution >= 0.6 is 0 Å². The van der Waals surface area contributed by atoms with Crippen molar-refractivity contribution in [3.63, 3.8) is 0 Å². The van der Waals surface area contributed by atoms with E-state index in [-0.39, 0.29) is 17.7 Å². The van der Waals surface area contributed by atoms with Gasteiger partial charge in [-0.1, -0.05) is 25.1 Å². The van der Waals surface area contributed by atoms with Crippen LogP contribution in [-0.4, -0.2) is 17.9 Å². The zero-order valence-electron chi connectivity index (χ0n) is 9.77. The third kappa shape index (κ3) is 3.19. The van der Waals surface area contributed by atoms with E-state index in [9.17, 15) is 9.59 Å². The molecule has 2 atom stereocenters. The fourth-order valence-electron chi connectivity index (χ4n) is 1.24. The van der Waals surface area contributed by atoms with Gasteiger partial charge < -0.3 is 4.74 Å². The Morgan fingerprint density at radius 1 is 1.12 bits per heavy atom. The van der Waals surface area contributed by atoms with Crippen LogP contribution in [0.5, 0.6) is 0 Å². The van der Waals surface area contributed by atoms with Crippen LogP contribution in [-0.2, 0) is 9.53 Å². The summed E-state index contributed by atoms with van der Waals surface area (Å²) in [7, 11) is 0. The van der Waals surface area contributed by atoms with E-state index < -0.39 is 6.10 Å². The molecule has 0 N–H and O–H groups in total. The van der Waals surface area contributed by atoms with Gasteiger partial charge >= 0.3 is 5.97 Å². The van der Waals surface area contributed by atoms with Crippen molar-refractivity contribution in [1.29, 1.82) is 0 Å². The van der Waals surface area contributed by atoms with Crippen molar-refractivity contribution < 1.29 is 14.3 Å². The molecule has 0 aliphatic heterocycles.